The highest BCUT2D eigenvalue weighted by molar-refractivity contribution is 6.38. The second-order valence-corrected chi connectivity index (χ2v) is 11.0. The Morgan fingerprint density at radius 2 is 1.82 bits per heavy atom. The standard InChI is InChI=1S/C31H32ClN5O3/c1-35-12-14-37(15-13-35)19-28(38)36(2)24-7-5-23(6-8-24)33-30(21-3-10-27-20(17-21)11-16-40-27)29-25-9-4-22(32)18-26(25)34-31(29)39/h3-10,17-18,33H,11-16,19H2,1-2H3,(H,34,39)/b30-29-. The van der Waals surface area contributed by atoms with Crippen LogP contribution < -0.4 is 20.3 Å². The molecule has 0 unspecified atom stereocenters. The molecule has 8 nitrogen and oxygen atoms in total. The van der Waals surface area contributed by atoms with Gasteiger partial charge in [-0.15, -0.1) is 0 Å². The van der Waals surface area contributed by atoms with Crippen LogP contribution in [-0.2, 0) is 16.0 Å². The third kappa shape index (κ3) is 5.30. The van der Waals surface area contributed by atoms with Crippen LogP contribution in [0.15, 0.2) is 60.7 Å². The van der Waals surface area contributed by atoms with Crippen LogP contribution in [0.25, 0.3) is 11.3 Å². The van der Waals surface area contributed by atoms with Gasteiger partial charge in [0, 0.05) is 61.6 Å². The number of nitrogens with zero attached hydrogens (tertiary/aromatic N) is 3. The van der Waals surface area contributed by atoms with E-state index in [1.165, 1.54) is 0 Å². The molecule has 40 heavy (non-hydrogen) atoms. The fourth-order valence-corrected chi connectivity index (χ4v) is 5.55. The Hall–Kier alpha value is -3.85. The summed E-state index contributed by atoms with van der Waals surface area (Å²) in [6.07, 6.45) is 0.827. The number of carbonyl (C=O) groups is 2. The first-order valence-electron chi connectivity index (χ1n) is 13.5. The number of halogens is 1. The normalized spacial score (nSPS) is 18.0. The molecule has 1 saturated heterocycles. The minimum Gasteiger partial charge on any atom is -0.493 e. The number of hydrogen-bond acceptors (Lipinski definition) is 6. The number of piperazine rings is 1. The average molecular weight is 558 g/mol. The van der Waals surface area contributed by atoms with Gasteiger partial charge in [0.05, 0.1) is 30.1 Å². The summed E-state index contributed by atoms with van der Waals surface area (Å²) < 4.78 is 5.71. The van der Waals surface area contributed by atoms with Crippen molar-refractivity contribution in [1.29, 1.82) is 0 Å². The Bertz CT molecular complexity index is 1500. The lowest BCUT2D eigenvalue weighted by Gasteiger charge is -2.32. The Balaban J connectivity index is 1.28. The Labute approximate surface area is 239 Å². The van der Waals surface area contributed by atoms with Crippen molar-refractivity contribution in [2.45, 2.75) is 6.42 Å². The zero-order valence-corrected chi connectivity index (χ0v) is 23.4. The molecule has 0 aromatic heterocycles. The molecule has 2 amide bonds. The maximum atomic E-state index is 13.3. The quantitative estimate of drug-likeness (QED) is 0.437. The first-order chi connectivity index (χ1) is 19.4. The summed E-state index contributed by atoms with van der Waals surface area (Å²) in [6.45, 7) is 4.80. The van der Waals surface area contributed by atoms with Crippen LogP contribution in [0.3, 0.4) is 0 Å². The molecule has 3 aromatic carbocycles. The minimum absolute atomic E-state index is 0.0614. The van der Waals surface area contributed by atoms with Crippen molar-refractivity contribution in [3.05, 3.63) is 82.4 Å². The maximum absolute atomic E-state index is 13.3. The van der Waals surface area contributed by atoms with Gasteiger partial charge in [0.15, 0.2) is 0 Å². The number of hydrogen-bond donors (Lipinski definition) is 2. The average Bonchev–Trinajstić information content (AvgIpc) is 3.55. The van der Waals surface area contributed by atoms with E-state index < -0.39 is 0 Å². The molecule has 2 N–H and O–H groups in total. The van der Waals surface area contributed by atoms with Gasteiger partial charge in [-0.05, 0) is 72.8 Å². The third-order valence-corrected chi connectivity index (χ3v) is 8.04. The third-order valence-electron chi connectivity index (χ3n) is 7.81. The summed E-state index contributed by atoms with van der Waals surface area (Å²) in [4.78, 5) is 32.4. The monoisotopic (exact) mass is 557 g/mol. The molecule has 0 spiro atoms. The molecule has 3 heterocycles. The minimum atomic E-state index is -0.192. The van der Waals surface area contributed by atoms with Crippen molar-refractivity contribution < 1.29 is 14.3 Å². The van der Waals surface area contributed by atoms with Gasteiger partial charge in [0.1, 0.15) is 5.75 Å². The van der Waals surface area contributed by atoms with E-state index in [9.17, 15) is 9.59 Å². The molecule has 0 bridgehead atoms. The van der Waals surface area contributed by atoms with Crippen molar-refractivity contribution in [3.8, 4) is 5.75 Å². The van der Waals surface area contributed by atoms with E-state index in [4.69, 9.17) is 16.3 Å². The van der Waals surface area contributed by atoms with E-state index in [0.29, 0.717) is 35.1 Å². The SMILES string of the molecule is CN1CCN(CC(=O)N(C)c2ccc(N/C(=C3\C(=O)Nc4cc(Cl)ccc43)c3ccc4c(c3)CCO4)cc2)CC1. The van der Waals surface area contributed by atoms with Crippen molar-refractivity contribution in [3.63, 3.8) is 0 Å². The highest BCUT2D eigenvalue weighted by atomic mass is 35.5. The van der Waals surface area contributed by atoms with E-state index in [1.807, 2.05) is 49.5 Å². The number of benzene rings is 3. The molecule has 3 aromatic rings. The maximum Gasteiger partial charge on any atom is 0.258 e. The lowest BCUT2D eigenvalue weighted by molar-refractivity contribution is -0.119. The predicted molar refractivity (Wildman–Crippen MR) is 160 cm³/mol. The van der Waals surface area contributed by atoms with Crippen molar-refractivity contribution in [2.24, 2.45) is 0 Å². The van der Waals surface area contributed by atoms with E-state index in [2.05, 4.69) is 33.5 Å². The van der Waals surface area contributed by atoms with Crippen molar-refractivity contribution >= 4 is 51.7 Å². The van der Waals surface area contributed by atoms with Gasteiger partial charge in [0.25, 0.3) is 5.91 Å². The number of amides is 2. The summed E-state index contributed by atoms with van der Waals surface area (Å²) in [6, 6.07) is 19.1. The van der Waals surface area contributed by atoms with Gasteiger partial charge in [0.2, 0.25) is 5.91 Å². The zero-order valence-electron chi connectivity index (χ0n) is 22.7. The van der Waals surface area contributed by atoms with Crippen LogP contribution in [0.1, 0.15) is 16.7 Å². The van der Waals surface area contributed by atoms with E-state index in [1.54, 1.807) is 17.0 Å². The number of carbonyl (C=O) groups excluding carboxylic acids is 2. The molecule has 3 aliphatic heterocycles. The summed E-state index contributed by atoms with van der Waals surface area (Å²) in [5, 5.41) is 7.02. The summed E-state index contributed by atoms with van der Waals surface area (Å²) in [7, 11) is 3.92. The molecule has 0 aliphatic carbocycles. The van der Waals surface area contributed by atoms with Gasteiger partial charge in [-0.3, -0.25) is 14.5 Å². The van der Waals surface area contributed by atoms with E-state index in [0.717, 1.165) is 66.4 Å². The largest absolute Gasteiger partial charge is 0.493 e. The molecule has 0 atom stereocenters. The number of anilines is 3. The molecular formula is C31H32ClN5O3. The molecule has 3 aliphatic rings. The molecule has 9 heteroatoms. The number of ether oxygens (including phenoxy) is 1. The van der Waals surface area contributed by atoms with Gasteiger partial charge >= 0.3 is 0 Å². The Kier molecular flexibility index (Phi) is 7.23. The first kappa shape index (κ1) is 26.4. The lowest BCUT2D eigenvalue weighted by Crippen LogP contribution is -2.48. The van der Waals surface area contributed by atoms with E-state index in [-0.39, 0.29) is 11.8 Å². The molecule has 206 valence electrons. The second-order valence-electron chi connectivity index (χ2n) is 10.5. The molecule has 1 fully saturated rings. The van der Waals surface area contributed by atoms with E-state index >= 15 is 0 Å². The first-order valence-corrected chi connectivity index (χ1v) is 13.9. The van der Waals surface area contributed by atoms with Crippen LogP contribution in [0.2, 0.25) is 5.02 Å². The summed E-state index contributed by atoms with van der Waals surface area (Å²) in [5.41, 5.74) is 6.34. The Morgan fingerprint density at radius 3 is 2.60 bits per heavy atom. The number of rotatable bonds is 6. The second kappa shape index (κ2) is 11.0. The van der Waals surface area contributed by atoms with Crippen molar-refractivity contribution in [1.82, 2.24) is 9.80 Å². The molecular weight excluding hydrogens is 526 g/mol. The van der Waals surface area contributed by atoms with Gasteiger partial charge in [-0.2, -0.15) is 0 Å². The lowest BCUT2D eigenvalue weighted by atomic mass is 9.98. The molecule has 0 saturated carbocycles. The number of likely N-dealkylation sites (N-methyl/N-ethyl adjacent to an activating group) is 2. The van der Waals surface area contributed by atoms with Gasteiger partial charge in [-0.25, -0.2) is 0 Å². The highest BCUT2D eigenvalue weighted by Crippen LogP contribution is 2.40. The zero-order chi connectivity index (χ0) is 27.8. The highest BCUT2D eigenvalue weighted by Gasteiger charge is 2.29. The van der Waals surface area contributed by atoms with Crippen molar-refractivity contribution in [2.75, 3.05) is 69.0 Å². The van der Waals surface area contributed by atoms with Crippen LogP contribution >= 0.6 is 11.6 Å². The summed E-state index contributed by atoms with van der Waals surface area (Å²) >= 11 is 6.20. The number of nitrogens with one attached hydrogen (secondary N) is 2. The van der Waals surface area contributed by atoms with Crippen LogP contribution in [0.4, 0.5) is 17.1 Å². The molecule has 6 rings (SSSR count). The summed E-state index contributed by atoms with van der Waals surface area (Å²) in [5.74, 6) is 0.749. The van der Waals surface area contributed by atoms with Gasteiger partial charge in [-0.1, -0.05) is 17.7 Å². The predicted octanol–water partition coefficient (Wildman–Crippen LogP) is 4.42. The van der Waals surface area contributed by atoms with Gasteiger partial charge < -0.3 is 25.2 Å². The van der Waals surface area contributed by atoms with Crippen LogP contribution in [0, 0.1) is 0 Å². The van der Waals surface area contributed by atoms with Crippen LogP contribution in [-0.4, -0.2) is 75.0 Å². The Morgan fingerprint density at radius 1 is 1.05 bits per heavy atom. The number of fused-ring (bicyclic) bond motifs is 2. The van der Waals surface area contributed by atoms with Crippen LogP contribution in [0.5, 0.6) is 5.75 Å². The fourth-order valence-electron chi connectivity index (χ4n) is 5.37. The fraction of sp³-hybridized carbons (Fsp3) is 0.290. The molecule has 0 radical (unpaired) electrons. The topological polar surface area (TPSA) is 77.2 Å². The smallest absolute Gasteiger partial charge is 0.258 e.